The summed E-state index contributed by atoms with van der Waals surface area (Å²) in [6.07, 6.45) is 7.48. The first kappa shape index (κ1) is 15.0. The van der Waals surface area contributed by atoms with Gasteiger partial charge in [0.15, 0.2) is 0 Å². The number of ether oxygens (including phenoxy) is 1. The molecule has 1 N–H and O–H groups in total. The van der Waals surface area contributed by atoms with Crippen LogP contribution in [0.3, 0.4) is 0 Å². The fourth-order valence-corrected chi connectivity index (χ4v) is 2.69. The van der Waals surface area contributed by atoms with E-state index in [0.29, 0.717) is 12.3 Å². The number of carbonyl (C=O) groups excluding carboxylic acids is 2. The third-order valence-corrected chi connectivity index (χ3v) is 3.88. The molecule has 0 radical (unpaired) electrons. The lowest BCUT2D eigenvalue weighted by Crippen LogP contribution is -2.24. The molecule has 1 aliphatic rings. The quantitative estimate of drug-likeness (QED) is 0.741. The summed E-state index contributed by atoms with van der Waals surface area (Å²) in [4.78, 5) is 21.8. The Morgan fingerprint density at radius 1 is 1.11 bits per heavy atom. The predicted molar refractivity (Wildman–Crippen MR) is 70.0 cm³/mol. The Bertz CT molecular complexity index is 270. The van der Waals surface area contributed by atoms with Crippen molar-refractivity contribution in [1.82, 2.24) is 5.32 Å². The number of esters is 1. The van der Waals surface area contributed by atoms with Crippen LogP contribution in [0.1, 0.15) is 51.9 Å². The van der Waals surface area contributed by atoms with Gasteiger partial charge in [0.25, 0.3) is 0 Å². The standard InChI is InChI=1S/C14H25NO3/c1-11(16)15-10-9-13-5-3-12(4-6-13)7-8-14(17)18-2/h12-13H,3-10H2,1-2H3,(H,15,16). The Kier molecular flexibility index (Phi) is 6.76. The molecule has 0 spiro atoms. The molecule has 0 unspecified atom stereocenters. The van der Waals surface area contributed by atoms with Crippen molar-refractivity contribution in [2.75, 3.05) is 13.7 Å². The van der Waals surface area contributed by atoms with Crippen LogP contribution in [0.2, 0.25) is 0 Å². The first-order valence-corrected chi connectivity index (χ1v) is 6.93. The largest absolute Gasteiger partial charge is 0.469 e. The minimum absolute atomic E-state index is 0.0572. The molecule has 104 valence electrons. The van der Waals surface area contributed by atoms with Gasteiger partial charge in [-0.25, -0.2) is 0 Å². The van der Waals surface area contributed by atoms with Crippen LogP contribution in [0.15, 0.2) is 0 Å². The zero-order valence-electron chi connectivity index (χ0n) is 11.5. The Morgan fingerprint density at radius 3 is 2.17 bits per heavy atom. The molecule has 0 atom stereocenters. The van der Waals surface area contributed by atoms with Gasteiger partial charge in [0.1, 0.15) is 0 Å². The number of hydrogen-bond donors (Lipinski definition) is 1. The highest BCUT2D eigenvalue weighted by Gasteiger charge is 2.21. The van der Waals surface area contributed by atoms with Gasteiger partial charge >= 0.3 is 5.97 Å². The van der Waals surface area contributed by atoms with Crippen molar-refractivity contribution in [3.05, 3.63) is 0 Å². The summed E-state index contributed by atoms with van der Waals surface area (Å²) < 4.78 is 4.66. The molecule has 0 aromatic heterocycles. The summed E-state index contributed by atoms with van der Waals surface area (Å²) in [6, 6.07) is 0. The Hall–Kier alpha value is -1.06. The molecule has 1 fully saturated rings. The third-order valence-electron chi connectivity index (χ3n) is 3.88. The zero-order chi connectivity index (χ0) is 13.4. The third kappa shape index (κ3) is 6.03. The second-order valence-electron chi connectivity index (χ2n) is 5.27. The van der Waals surface area contributed by atoms with Gasteiger partial charge in [0.2, 0.25) is 5.91 Å². The van der Waals surface area contributed by atoms with Crippen LogP contribution in [0, 0.1) is 11.8 Å². The van der Waals surface area contributed by atoms with Crippen LogP contribution >= 0.6 is 0 Å². The SMILES string of the molecule is COC(=O)CCC1CCC(CCNC(C)=O)CC1. The Balaban J connectivity index is 2.09. The number of hydrogen-bond acceptors (Lipinski definition) is 3. The molecule has 0 bridgehead atoms. The van der Waals surface area contributed by atoms with Gasteiger partial charge in [-0.1, -0.05) is 25.7 Å². The average Bonchev–Trinajstić information content (AvgIpc) is 2.37. The van der Waals surface area contributed by atoms with Crippen molar-refractivity contribution in [1.29, 1.82) is 0 Å². The van der Waals surface area contributed by atoms with E-state index in [-0.39, 0.29) is 11.9 Å². The fourth-order valence-electron chi connectivity index (χ4n) is 2.69. The molecule has 4 heteroatoms. The van der Waals surface area contributed by atoms with E-state index in [1.807, 2.05) is 0 Å². The van der Waals surface area contributed by atoms with E-state index in [0.717, 1.165) is 25.3 Å². The highest BCUT2D eigenvalue weighted by molar-refractivity contribution is 5.72. The van der Waals surface area contributed by atoms with Crippen LogP contribution < -0.4 is 5.32 Å². The molecule has 1 amide bonds. The van der Waals surface area contributed by atoms with Gasteiger partial charge in [0, 0.05) is 19.9 Å². The van der Waals surface area contributed by atoms with Crippen molar-refractivity contribution >= 4 is 11.9 Å². The van der Waals surface area contributed by atoms with Crippen LogP contribution in [-0.4, -0.2) is 25.5 Å². The van der Waals surface area contributed by atoms with E-state index in [9.17, 15) is 9.59 Å². The van der Waals surface area contributed by atoms with Gasteiger partial charge < -0.3 is 10.1 Å². The number of nitrogens with one attached hydrogen (secondary N) is 1. The molecular formula is C14H25NO3. The van der Waals surface area contributed by atoms with E-state index < -0.39 is 0 Å². The minimum atomic E-state index is -0.0946. The Labute approximate surface area is 109 Å². The van der Waals surface area contributed by atoms with Gasteiger partial charge in [0.05, 0.1) is 7.11 Å². The fraction of sp³-hybridized carbons (Fsp3) is 0.857. The van der Waals surface area contributed by atoms with Crippen molar-refractivity contribution in [3.8, 4) is 0 Å². The molecule has 0 aromatic rings. The second-order valence-corrected chi connectivity index (χ2v) is 5.27. The maximum Gasteiger partial charge on any atom is 0.305 e. The number of amides is 1. The summed E-state index contributed by atoms with van der Waals surface area (Å²) in [6.45, 7) is 2.36. The summed E-state index contributed by atoms with van der Waals surface area (Å²) in [5.74, 6) is 1.39. The highest BCUT2D eigenvalue weighted by atomic mass is 16.5. The average molecular weight is 255 g/mol. The maximum absolute atomic E-state index is 11.1. The summed E-state index contributed by atoms with van der Waals surface area (Å²) in [7, 11) is 1.45. The van der Waals surface area contributed by atoms with E-state index in [4.69, 9.17) is 0 Å². The van der Waals surface area contributed by atoms with Crippen molar-refractivity contribution in [3.63, 3.8) is 0 Å². The summed E-state index contributed by atoms with van der Waals surface area (Å²) in [5, 5.41) is 2.85. The molecule has 1 aliphatic carbocycles. The van der Waals surface area contributed by atoms with Gasteiger partial charge in [-0.2, -0.15) is 0 Å². The first-order valence-electron chi connectivity index (χ1n) is 6.93. The van der Waals surface area contributed by atoms with E-state index in [1.54, 1.807) is 6.92 Å². The summed E-state index contributed by atoms with van der Waals surface area (Å²) in [5.41, 5.74) is 0. The van der Waals surface area contributed by atoms with Crippen LogP contribution in [0.5, 0.6) is 0 Å². The molecule has 0 heterocycles. The lowest BCUT2D eigenvalue weighted by molar-refractivity contribution is -0.141. The second kappa shape index (κ2) is 8.11. The monoisotopic (exact) mass is 255 g/mol. The smallest absolute Gasteiger partial charge is 0.305 e. The van der Waals surface area contributed by atoms with Crippen molar-refractivity contribution in [2.45, 2.75) is 51.9 Å². The highest BCUT2D eigenvalue weighted by Crippen LogP contribution is 2.33. The number of rotatable bonds is 6. The maximum atomic E-state index is 11.1. The Morgan fingerprint density at radius 2 is 1.67 bits per heavy atom. The first-order chi connectivity index (χ1) is 8.61. The molecule has 18 heavy (non-hydrogen) atoms. The van der Waals surface area contributed by atoms with E-state index >= 15 is 0 Å². The predicted octanol–water partition coefficient (Wildman–Crippen LogP) is 2.27. The van der Waals surface area contributed by atoms with E-state index in [1.165, 1.54) is 32.8 Å². The van der Waals surface area contributed by atoms with Gasteiger partial charge in [-0.3, -0.25) is 9.59 Å². The molecule has 4 nitrogen and oxygen atoms in total. The minimum Gasteiger partial charge on any atom is -0.469 e. The van der Waals surface area contributed by atoms with Crippen LogP contribution in [-0.2, 0) is 14.3 Å². The molecule has 0 aliphatic heterocycles. The normalized spacial score (nSPS) is 23.4. The lowest BCUT2D eigenvalue weighted by atomic mass is 9.79. The zero-order valence-corrected chi connectivity index (χ0v) is 11.5. The molecule has 1 saturated carbocycles. The number of methoxy groups -OCH3 is 1. The molecule has 1 rings (SSSR count). The van der Waals surface area contributed by atoms with Crippen LogP contribution in [0.4, 0.5) is 0 Å². The number of carbonyl (C=O) groups is 2. The molecule has 0 aromatic carbocycles. The topological polar surface area (TPSA) is 55.4 Å². The van der Waals surface area contributed by atoms with Gasteiger partial charge in [-0.15, -0.1) is 0 Å². The van der Waals surface area contributed by atoms with Crippen molar-refractivity contribution in [2.24, 2.45) is 11.8 Å². The molecule has 0 saturated heterocycles. The van der Waals surface area contributed by atoms with E-state index in [2.05, 4.69) is 10.1 Å². The molecular weight excluding hydrogens is 230 g/mol. The lowest BCUT2D eigenvalue weighted by Gasteiger charge is -2.28. The summed E-state index contributed by atoms with van der Waals surface area (Å²) >= 11 is 0. The van der Waals surface area contributed by atoms with Crippen LogP contribution in [0.25, 0.3) is 0 Å². The van der Waals surface area contributed by atoms with Crippen molar-refractivity contribution < 1.29 is 14.3 Å². The van der Waals surface area contributed by atoms with Gasteiger partial charge in [-0.05, 0) is 24.7 Å².